The van der Waals surface area contributed by atoms with E-state index in [0.29, 0.717) is 0 Å². The van der Waals surface area contributed by atoms with Gasteiger partial charge in [0.05, 0.1) is 0 Å². The van der Waals surface area contributed by atoms with Crippen LogP contribution >= 0.6 is 11.8 Å². The molecular weight excluding hydrogens is 246 g/mol. The van der Waals surface area contributed by atoms with Crippen molar-refractivity contribution in [1.29, 1.82) is 0 Å². The van der Waals surface area contributed by atoms with Crippen LogP contribution in [0, 0.1) is 0 Å². The molecule has 18 heavy (non-hydrogen) atoms. The van der Waals surface area contributed by atoms with E-state index in [-0.39, 0.29) is 0 Å². The molecule has 1 rings (SSSR count). The van der Waals surface area contributed by atoms with Crippen LogP contribution in [-0.2, 0) is 11.2 Å². The number of rotatable bonds is 7. The van der Waals surface area contributed by atoms with Gasteiger partial charge in [0.25, 0.3) is 0 Å². The molecule has 0 fully saturated rings. The largest absolute Gasteiger partial charge is 0.480 e. The van der Waals surface area contributed by atoms with E-state index in [1.165, 1.54) is 17.3 Å². The zero-order chi connectivity index (χ0) is 13.6. The summed E-state index contributed by atoms with van der Waals surface area (Å²) in [5, 5.41) is 9.11. The first-order chi connectivity index (χ1) is 8.45. The molecule has 1 aromatic carbocycles. The number of thioether (sulfide) groups is 1. The number of hydrogen-bond donors (Lipinski definition) is 2. The van der Waals surface area contributed by atoms with Crippen LogP contribution in [0.1, 0.15) is 32.3 Å². The number of carboxylic acids is 1. The van der Waals surface area contributed by atoms with Gasteiger partial charge >= 0.3 is 5.97 Å². The molecule has 100 valence electrons. The number of carbonyl (C=O) groups is 1. The van der Waals surface area contributed by atoms with Crippen molar-refractivity contribution < 1.29 is 9.90 Å². The number of carboxylic acid groups (broad SMARTS) is 1. The van der Waals surface area contributed by atoms with Gasteiger partial charge in [0, 0.05) is 4.90 Å². The van der Waals surface area contributed by atoms with Crippen LogP contribution in [0.4, 0.5) is 0 Å². The van der Waals surface area contributed by atoms with Gasteiger partial charge in [-0.2, -0.15) is 0 Å². The van der Waals surface area contributed by atoms with Gasteiger partial charge in [0.15, 0.2) is 0 Å². The molecule has 4 heteroatoms. The summed E-state index contributed by atoms with van der Waals surface area (Å²) in [7, 11) is 0. The van der Waals surface area contributed by atoms with E-state index < -0.39 is 10.7 Å². The lowest BCUT2D eigenvalue weighted by Crippen LogP contribution is -2.26. The van der Waals surface area contributed by atoms with E-state index in [4.69, 9.17) is 10.8 Å². The van der Waals surface area contributed by atoms with Gasteiger partial charge in [-0.25, -0.2) is 0 Å². The lowest BCUT2D eigenvalue weighted by molar-refractivity contribution is -0.138. The fourth-order valence-electron chi connectivity index (χ4n) is 1.58. The van der Waals surface area contributed by atoms with Gasteiger partial charge in [0.1, 0.15) is 4.75 Å². The highest BCUT2D eigenvalue weighted by Gasteiger charge is 2.28. The molecule has 0 unspecified atom stereocenters. The molecule has 0 heterocycles. The van der Waals surface area contributed by atoms with Crippen molar-refractivity contribution in [2.75, 3.05) is 6.54 Å². The smallest absolute Gasteiger partial charge is 0.319 e. The third-order valence-corrected chi connectivity index (χ3v) is 3.88. The fraction of sp³-hybridized carbons (Fsp3) is 0.500. The van der Waals surface area contributed by atoms with Gasteiger partial charge in [0.2, 0.25) is 0 Å². The monoisotopic (exact) mass is 267 g/mol. The minimum Gasteiger partial charge on any atom is -0.480 e. The summed E-state index contributed by atoms with van der Waals surface area (Å²) in [6, 6.07) is 8.10. The average Bonchev–Trinajstić information content (AvgIpc) is 2.29. The highest BCUT2D eigenvalue weighted by molar-refractivity contribution is 8.01. The van der Waals surface area contributed by atoms with Crippen molar-refractivity contribution in [2.45, 2.75) is 42.8 Å². The van der Waals surface area contributed by atoms with Crippen LogP contribution in [-0.4, -0.2) is 22.4 Å². The van der Waals surface area contributed by atoms with E-state index in [2.05, 4.69) is 12.1 Å². The summed E-state index contributed by atoms with van der Waals surface area (Å²) in [5.74, 6) is -0.791. The van der Waals surface area contributed by atoms with Crippen LogP contribution in [0.5, 0.6) is 0 Å². The molecule has 0 saturated heterocycles. The highest BCUT2D eigenvalue weighted by atomic mass is 32.2. The quantitative estimate of drug-likeness (QED) is 0.589. The first-order valence-electron chi connectivity index (χ1n) is 6.17. The second-order valence-corrected chi connectivity index (χ2v) is 6.51. The van der Waals surface area contributed by atoms with Crippen LogP contribution in [0.25, 0.3) is 0 Å². The van der Waals surface area contributed by atoms with Crippen molar-refractivity contribution in [3.63, 3.8) is 0 Å². The van der Waals surface area contributed by atoms with Gasteiger partial charge in [-0.3, -0.25) is 4.79 Å². The lowest BCUT2D eigenvalue weighted by atomic mass is 10.1. The SMILES string of the molecule is CC(C)(Sc1cccc(CCCCN)c1)C(=O)O. The Labute approximate surface area is 113 Å². The molecule has 3 N–H and O–H groups in total. The molecule has 0 aliphatic heterocycles. The molecular formula is C14H21NO2S. The fourth-order valence-corrected chi connectivity index (χ4v) is 2.61. The molecule has 0 aromatic heterocycles. The minimum absolute atomic E-state index is 0.723. The Hall–Kier alpha value is -1.00. The minimum atomic E-state index is -0.796. The number of aryl methyl sites for hydroxylation is 1. The van der Waals surface area contributed by atoms with Crippen LogP contribution in [0.3, 0.4) is 0 Å². The summed E-state index contributed by atoms with van der Waals surface area (Å²) in [4.78, 5) is 12.1. The maximum atomic E-state index is 11.1. The number of hydrogen-bond acceptors (Lipinski definition) is 3. The molecule has 0 bridgehead atoms. The van der Waals surface area contributed by atoms with Gasteiger partial charge in [-0.05, 0) is 57.4 Å². The second-order valence-electron chi connectivity index (χ2n) is 4.81. The van der Waals surface area contributed by atoms with Gasteiger partial charge < -0.3 is 10.8 Å². The van der Waals surface area contributed by atoms with Crippen molar-refractivity contribution in [3.05, 3.63) is 29.8 Å². The number of nitrogens with two attached hydrogens (primary N) is 1. The number of unbranched alkanes of at least 4 members (excludes halogenated alkanes) is 1. The van der Waals surface area contributed by atoms with Gasteiger partial charge in [-0.15, -0.1) is 11.8 Å². The van der Waals surface area contributed by atoms with E-state index in [9.17, 15) is 4.79 Å². The van der Waals surface area contributed by atoms with Crippen molar-refractivity contribution in [3.8, 4) is 0 Å². The number of benzene rings is 1. The van der Waals surface area contributed by atoms with Crippen molar-refractivity contribution in [1.82, 2.24) is 0 Å². The summed E-state index contributed by atoms with van der Waals surface area (Å²) >= 11 is 1.38. The maximum Gasteiger partial charge on any atom is 0.319 e. The molecule has 0 spiro atoms. The van der Waals surface area contributed by atoms with E-state index in [1.807, 2.05) is 12.1 Å². The van der Waals surface area contributed by atoms with Crippen LogP contribution in [0.15, 0.2) is 29.2 Å². The topological polar surface area (TPSA) is 63.3 Å². The Morgan fingerprint density at radius 2 is 2.11 bits per heavy atom. The summed E-state index contributed by atoms with van der Waals surface area (Å²) in [5.41, 5.74) is 6.71. The molecule has 0 saturated carbocycles. The second kappa shape index (κ2) is 6.81. The Morgan fingerprint density at radius 3 is 2.72 bits per heavy atom. The maximum absolute atomic E-state index is 11.1. The van der Waals surface area contributed by atoms with Gasteiger partial charge in [-0.1, -0.05) is 12.1 Å². The zero-order valence-corrected chi connectivity index (χ0v) is 11.8. The van der Waals surface area contributed by atoms with Crippen molar-refractivity contribution in [2.24, 2.45) is 5.73 Å². The van der Waals surface area contributed by atoms with E-state index in [1.54, 1.807) is 13.8 Å². The lowest BCUT2D eigenvalue weighted by Gasteiger charge is -2.18. The normalized spacial score (nSPS) is 11.5. The van der Waals surface area contributed by atoms with Crippen molar-refractivity contribution >= 4 is 17.7 Å². The Kier molecular flexibility index (Phi) is 5.69. The Balaban J connectivity index is 2.67. The molecule has 0 aliphatic carbocycles. The zero-order valence-electron chi connectivity index (χ0n) is 11.0. The summed E-state index contributed by atoms with van der Waals surface area (Å²) < 4.78 is -0.796. The molecule has 0 amide bonds. The van der Waals surface area contributed by atoms with Crippen LogP contribution < -0.4 is 5.73 Å². The van der Waals surface area contributed by atoms with Crippen LogP contribution in [0.2, 0.25) is 0 Å². The molecule has 1 aromatic rings. The molecule has 0 atom stereocenters. The standard InChI is InChI=1S/C14H21NO2S/c1-14(2,13(16)17)18-12-8-5-7-11(10-12)6-3-4-9-15/h5,7-8,10H,3-4,6,9,15H2,1-2H3,(H,16,17). The molecule has 0 radical (unpaired) electrons. The molecule has 3 nitrogen and oxygen atoms in total. The highest BCUT2D eigenvalue weighted by Crippen LogP contribution is 2.33. The third-order valence-electron chi connectivity index (χ3n) is 2.71. The predicted molar refractivity (Wildman–Crippen MR) is 76.0 cm³/mol. The third kappa shape index (κ3) is 4.70. The Morgan fingerprint density at radius 1 is 1.39 bits per heavy atom. The predicted octanol–water partition coefficient (Wildman–Crippen LogP) is 2.92. The average molecular weight is 267 g/mol. The summed E-state index contributed by atoms with van der Waals surface area (Å²) in [6.07, 6.45) is 3.10. The van der Waals surface area contributed by atoms with E-state index >= 15 is 0 Å². The Bertz CT molecular complexity index is 405. The first-order valence-corrected chi connectivity index (χ1v) is 6.99. The molecule has 0 aliphatic rings. The van der Waals surface area contributed by atoms with E-state index in [0.717, 1.165) is 30.7 Å². The number of aliphatic carboxylic acids is 1. The summed E-state index contributed by atoms with van der Waals surface area (Å²) in [6.45, 7) is 4.17. The first kappa shape index (κ1) is 15.1.